The second-order valence-electron chi connectivity index (χ2n) is 1.97. The molecule has 42 valence electrons. The lowest BCUT2D eigenvalue weighted by molar-refractivity contribution is 0.357. The summed E-state index contributed by atoms with van der Waals surface area (Å²) in [7, 11) is 0. The molecule has 0 N–H and O–H groups in total. The van der Waals surface area contributed by atoms with E-state index in [0.29, 0.717) is 22.3 Å². The summed E-state index contributed by atoms with van der Waals surface area (Å²) in [5.41, 5.74) is 2.28. The molecule has 2 aromatic heterocycles. The molecule has 0 saturated heterocycles. The smallest absolute Gasteiger partial charge is 0.237 e. The summed E-state index contributed by atoms with van der Waals surface area (Å²) in [5, 5.41) is 10.7. The maximum atomic E-state index is 10.7. The number of benzene rings is 1. The molecule has 0 unspecified atom stereocenters. The van der Waals surface area contributed by atoms with Crippen LogP contribution in [-0.4, -0.2) is 0 Å². The summed E-state index contributed by atoms with van der Waals surface area (Å²) in [6.45, 7) is 0. The molecule has 0 atom stereocenters. The Kier molecular flexibility index (Phi) is 0.303. The molecule has 2 heterocycles. The lowest BCUT2D eigenvalue weighted by atomic mass is 10.3. The van der Waals surface area contributed by atoms with Crippen LogP contribution in [0.25, 0.3) is 22.3 Å². The highest BCUT2D eigenvalue weighted by Gasteiger charge is 2.26. The number of hydrogen-bond donors (Lipinski definition) is 0. The van der Waals surface area contributed by atoms with E-state index in [1.807, 2.05) is 0 Å². The van der Waals surface area contributed by atoms with Gasteiger partial charge in [-0.1, -0.05) is 0 Å². The van der Waals surface area contributed by atoms with Gasteiger partial charge in [0, 0.05) is 0 Å². The molecule has 3 nitrogen and oxygen atoms in total. The third kappa shape index (κ3) is 0.276. The molecular weight excluding hydrogens is 120 g/mol. The minimum Gasteiger partial charge on any atom is -0.444 e. The molecule has 0 spiro atoms. The highest BCUT2D eigenvalue weighted by molar-refractivity contribution is 6.08. The molecule has 0 bridgehead atoms. The van der Waals surface area contributed by atoms with Crippen LogP contribution in [0.5, 0.6) is 5.75 Å². The van der Waals surface area contributed by atoms with Crippen LogP contribution in [0.1, 0.15) is 0 Å². The molecule has 0 saturated carbocycles. The van der Waals surface area contributed by atoms with E-state index in [4.69, 9.17) is 8.83 Å². The third-order valence-electron chi connectivity index (χ3n) is 1.38. The summed E-state index contributed by atoms with van der Waals surface area (Å²) in [4.78, 5) is 0. The van der Waals surface area contributed by atoms with Crippen molar-refractivity contribution in [2.45, 2.75) is 0 Å². The molecule has 0 amide bonds. The van der Waals surface area contributed by atoms with Gasteiger partial charge in [0.25, 0.3) is 0 Å². The van der Waals surface area contributed by atoms with Crippen LogP contribution in [-0.2, 0) is 5.11 Å². The van der Waals surface area contributed by atoms with Crippen molar-refractivity contribution in [1.82, 2.24) is 0 Å². The topological polar surface area (TPSA) is 46.2 Å². The Morgan fingerprint density at radius 3 is 2.89 bits per heavy atom. The Bertz CT molecular complexity index is 433. The maximum Gasteiger partial charge on any atom is 0.237 e. The Balaban J connectivity index is 2.70. The summed E-state index contributed by atoms with van der Waals surface area (Å²) >= 11 is 0. The number of fused-ring (bicyclic) bond motifs is 3. The zero-order chi connectivity index (χ0) is 6.01. The van der Waals surface area contributed by atoms with Crippen LogP contribution >= 0.6 is 0 Å². The van der Waals surface area contributed by atoms with Gasteiger partial charge in [-0.15, -0.1) is 0 Å². The SMILES string of the molecule is [O]c1[c]c2oc2c2oc12. The quantitative estimate of drug-likeness (QED) is 0.455. The Hall–Kier alpha value is -1.38. The molecule has 0 fully saturated rings. The van der Waals surface area contributed by atoms with Gasteiger partial charge in [0.2, 0.25) is 22.5 Å². The standard InChI is InChI=1S/C6O3/c7-2-1-3-5(8-3)6-4(2)9-6. The largest absolute Gasteiger partial charge is 0.444 e. The van der Waals surface area contributed by atoms with Gasteiger partial charge in [-0.2, -0.15) is 0 Å². The first kappa shape index (κ1) is 3.61. The van der Waals surface area contributed by atoms with E-state index < -0.39 is 0 Å². The van der Waals surface area contributed by atoms with E-state index in [2.05, 4.69) is 6.07 Å². The van der Waals surface area contributed by atoms with Crippen LogP contribution in [0.2, 0.25) is 0 Å². The average Bonchev–Trinajstić information content (AvgIpc) is 2.54. The van der Waals surface area contributed by atoms with Crippen molar-refractivity contribution in [1.29, 1.82) is 0 Å². The Labute approximate surface area is 49.1 Å². The number of hydrogen-bond acceptors (Lipinski definition) is 2. The van der Waals surface area contributed by atoms with Crippen molar-refractivity contribution >= 4 is 22.3 Å². The predicted octanol–water partition coefficient (Wildman–Crippen LogP) is 2.00. The molecule has 3 aromatic rings. The van der Waals surface area contributed by atoms with Gasteiger partial charge < -0.3 is 8.83 Å². The van der Waals surface area contributed by atoms with Crippen molar-refractivity contribution in [2.75, 3.05) is 0 Å². The van der Waals surface area contributed by atoms with Crippen LogP contribution in [0.3, 0.4) is 0 Å². The fourth-order valence-corrected chi connectivity index (χ4v) is 0.844. The molecule has 2 radical (unpaired) electrons. The minimum atomic E-state index is -0.193. The average molecular weight is 120 g/mol. The predicted molar refractivity (Wildman–Crippen MR) is 27.3 cm³/mol. The molecule has 0 aliphatic carbocycles. The lowest BCUT2D eigenvalue weighted by Crippen LogP contribution is -1.49. The van der Waals surface area contributed by atoms with Gasteiger partial charge in [-0.25, -0.2) is 0 Å². The van der Waals surface area contributed by atoms with Crippen molar-refractivity contribution in [3.63, 3.8) is 0 Å². The van der Waals surface area contributed by atoms with E-state index in [9.17, 15) is 5.11 Å². The van der Waals surface area contributed by atoms with E-state index >= 15 is 0 Å². The first-order valence-corrected chi connectivity index (χ1v) is 2.52. The van der Waals surface area contributed by atoms with E-state index in [1.165, 1.54) is 0 Å². The third-order valence-corrected chi connectivity index (χ3v) is 1.38. The van der Waals surface area contributed by atoms with Crippen molar-refractivity contribution in [2.24, 2.45) is 0 Å². The van der Waals surface area contributed by atoms with Gasteiger partial charge >= 0.3 is 0 Å². The van der Waals surface area contributed by atoms with E-state index in [1.54, 1.807) is 0 Å². The molecule has 0 aliphatic heterocycles. The normalized spacial score (nSPS) is 12.9. The second-order valence-corrected chi connectivity index (χ2v) is 1.97. The highest BCUT2D eigenvalue weighted by Crippen LogP contribution is 2.44. The van der Waals surface area contributed by atoms with Crippen molar-refractivity contribution in [3.8, 4) is 5.75 Å². The van der Waals surface area contributed by atoms with Gasteiger partial charge in [0.1, 0.15) is 0 Å². The molecule has 3 rings (SSSR count). The van der Waals surface area contributed by atoms with Gasteiger partial charge in [0.15, 0.2) is 5.58 Å². The lowest BCUT2D eigenvalue weighted by Gasteiger charge is -1.64. The fourth-order valence-electron chi connectivity index (χ4n) is 0.844. The monoisotopic (exact) mass is 120 g/mol. The first-order valence-electron chi connectivity index (χ1n) is 2.52. The summed E-state index contributed by atoms with van der Waals surface area (Å²) in [6.07, 6.45) is 0. The fraction of sp³-hybridized carbons (Fsp3) is 0. The number of rotatable bonds is 0. The maximum absolute atomic E-state index is 10.7. The van der Waals surface area contributed by atoms with E-state index in [-0.39, 0.29) is 5.75 Å². The molecular formula is C6O3. The van der Waals surface area contributed by atoms with Crippen LogP contribution < -0.4 is 0 Å². The van der Waals surface area contributed by atoms with Crippen molar-refractivity contribution in [3.05, 3.63) is 6.07 Å². The zero-order valence-corrected chi connectivity index (χ0v) is 4.22. The molecule has 0 aliphatic rings. The van der Waals surface area contributed by atoms with Crippen LogP contribution in [0, 0.1) is 6.07 Å². The zero-order valence-electron chi connectivity index (χ0n) is 4.22. The molecule has 1 aromatic carbocycles. The van der Waals surface area contributed by atoms with Gasteiger partial charge in [0.05, 0.1) is 6.07 Å². The van der Waals surface area contributed by atoms with Gasteiger partial charge in [-0.3, -0.25) is 5.11 Å². The first-order chi connectivity index (χ1) is 4.36. The highest BCUT2D eigenvalue weighted by atomic mass is 16.4. The Morgan fingerprint density at radius 1 is 1.11 bits per heavy atom. The molecule has 9 heavy (non-hydrogen) atoms. The van der Waals surface area contributed by atoms with Crippen LogP contribution in [0.15, 0.2) is 8.83 Å². The van der Waals surface area contributed by atoms with E-state index in [0.717, 1.165) is 0 Å². The van der Waals surface area contributed by atoms with Gasteiger partial charge in [-0.05, 0) is 0 Å². The summed E-state index contributed by atoms with van der Waals surface area (Å²) in [6, 6.07) is 2.48. The Morgan fingerprint density at radius 2 is 2.00 bits per heavy atom. The second kappa shape index (κ2) is 0.757. The molecule has 3 heteroatoms. The minimum absolute atomic E-state index is 0.193. The van der Waals surface area contributed by atoms with Crippen LogP contribution in [0.4, 0.5) is 0 Å². The van der Waals surface area contributed by atoms with Crippen molar-refractivity contribution < 1.29 is 13.9 Å². The summed E-state index contributed by atoms with van der Waals surface area (Å²) < 4.78 is 9.60. The summed E-state index contributed by atoms with van der Waals surface area (Å²) in [5.74, 6) is -0.193.